The summed E-state index contributed by atoms with van der Waals surface area (Å²) in [6, 6.07) is 25.5. The summed E-state index contributed by atoms with van der Waals surface area (Å²) in [5, 5.41) is 7.69. The van der Waals surface area contributed by atoms with Crippen molar-refractivity contribution in [2.45, 2.75) is 26.4 Å². The smallest absolute Gasteiger partial charge is 0.269 e. The van der Waals surface area contributed by atoms with Gasteiger partial charge in [-0.2, -0.15) is 5.10 Å². The normalized spacial score (nSPS) is 12.7. The van der Waals surface area contributed by atoms with Gasteiger partial charge in [0.15, 0.2) is 5.69 Å². The van der Waals surface area contributed by atoms with E-state index < -0.39 is 5.91 Å². The number of benzene rings is 3. The number of nitrogens with zero attached hydrogens (tertiary/aromatic N) is 2. The molecule has 0 saturated heterocycles. The van der Waals surface area contributed by atoms with Gasteiger partial charge in [-0.25, -0.2) is 4.68 Å². The maximum absolute atomic E-state index is 11.4. The zero-order valence-corrected chi connectivity index (χ0v) is 17.4. The third-order valence-corrected chi connectivity index (χ3v) is 5.85. The van der Waals surface area contributed by atoms with E-state index >= 15 is 0 Å². The number of aryl methyl sites for hydroxylation is 1. The van der Waals surface area contributed by atoms with Crippen LogP contribution in [0.2, 0.25) is 0 Å². The van der Waals surface area contributed by atoms with Gasteiger partial charge in [0.05, 0.1) is 5.69 Å². The van der Waals surface area contributed by atoms with Crippen LogP contribution in [0.15, 0.2) is 72.8 Å². The molecule has 5 nitrogen and oxygen atoms in total. The van der Waals surface area contributed by atoms with Crippen molar-refractivity contribution in [2.24, 2.45) is 5.73 Å². The number of hydrogen-bond donors (Lipinski definition) is 2. The molecule has 1 aromatic heterocycles. The molecule has 5 heteroatoms. The number of carbonyl (C=O) groups is 1. The van der Waals surface area contributed by atoms with Gasteiger partial charge in [-0.05, 0) is 71.0 Å². The van der Waals surface area contributed by atoms with Gasteiger partial charge in [0.25, 0.3) is 5.91 Å². The van der Waals surface area contributed by atoms with Crippen LogP contribution in [0.25, 0.3) is 16.8 Å². The second-order valence-electron chi connectivity index (χ2n) is 8.07. The van der Waals surface area contributed by atoms with Crippen LogP contribution >= 0.6 is 0 Å². The number of rotatable bonds is 5. The highest BCUT2D eigenvalue weighted by Gasteiger charge is 2.12. The van der Waals surface area contributed by atoms with Crippen LogP contribution in [0.5, 0.6) is 0 Å². The van der Waals surface area contributed by atoms with Crippen LogP contribution in [-0.4, -0.2) is 15.7 Å². The lowest BCUT2D eigenvalue weighted by molar-refractivity contribution is 0.0995. The number of nitrogens with two attached hydrogens (primary N) is 1. The predicted octanol–water partition coefficient (Wildman–Crippen LogP) is 4.14. The summed E-state index contributed by atoms with van der Waals surface area (Å²) < 4.78 is 1.74. The topological polar surface area (TPSA) is 72.9 Å². The molecule has 0 spiro atoms. The first-order valence-electron chi connectivity index (χ1n) is 10.4. The van der Waals surface area contributed by atoms with Gasteiger partial charge < -0.3 is 11.1 Å². The Morgan fingerprint density at radius 2 is 1.55 bits per heavy atom. The van der Waals surface area contributed by atoms with E-state index in [9.17, 15) is 4.79 Å². The lowest BCUT2D eigenvalue weighted by Crippen LogP contribution is -2.12. The second kappa shape index (κ2) is 7.85. The molecule has 4 aromatic rings. The molecule has 0 unspecified atom stereocenters. The summed E-state index contributed by atoms with van der Waals surface area (Å²) in [7, 11) is 0. The number of amides is 1. The van der Waals surface area contributed by atoms with Crippen molar-refractivity contribution in [2.75, 3.05) is 0 Å². The fourth-order valence-corrected chi connectivity index (χ4v) is 4.14. The van der Waals surface area contributed by atoms with Crippen LogP contribution in [0.4, 0.5) is 0 Å². The number of hydrogen-bond acceptors (Lipinski definition) is 3. The largest absolute Gasteiger partial charge is 0.364 e. The standard InChI is InChI=1S/C26H24N4O/c1-17-12-25(26(27)31)29-30(17)24-10-4-19(5-11-24)13-18-2-6-20(7-3-18)21-8-9-22-15-28-16-23(22)14-21/h2-12,14,28H,13,15-16H2,1H3,(H2,27,31). The Morgan fingerprint density at radius 1 is 0.903 bits per heavy atom. The van der Waals surface area contributed by atoms with E-state index in [1.165, 1.54) is 33.4 Å². The van der Waals surface area contributed by atoms with E-state index in [0.29, 0.717) is 0 Å². The highest BCUT2D eigenvalue weighted by molar-refractivity contribution is 5.90. The fraction of sp³-hybridized carbons (Fsp3) is 0.154. The molecule has 154 valence electrons. The van der Waals surface area contributed by atoms with Crippen LogP contribution < -0.4 is 11.1 Å². The maximum atomic E-state index is 11.4. The van der Waals surface area contributed by atoms with E-state index in [1.54, 1.807) is 10.7 Å². The number of carbonyl (C=O) groups excluding carboxylic acids is 1. The van der Waals surface area contributed by atoms with E-state index in [0.717, 1.165) is 30.9 Å². The van der Waals surface area contributed by atoms with E-state index in [4.69, 9.17) is 5.73 Å². The summed E-state index contributed by atoms with van der Waals surface area (Å²) in [4.78, 5) is 11.4. The molecular formula is C26H24N4O. The number of fused-ring (bicyclic) bond motifs is 1. The molecular weight excluding hydrogens is 384 g/mol. The summed E-state index contributed by atoms with van der Waals surface area (Å²) in [5.74, 6) is -0.515. The average molecular weight is 409 g/mol. The zero-order valence-electron chi connectivity index (χ0n) is 17.4. The van der Waals surface area contributed by atoms with E-state index in [-0.39, 0.29) is 5.69 Å². The minimum absolute atomic E-state index is 0.279. The fourth-order valence-electron chi connectivity index (χ4n) is 4.14. The molecule has 0 fully saturated rings. The van der Waals surface area contributed by atoms with Gasteiger partial charge in [0.2, 0.25) is 0 Å². The zero-order chi connectivity index (χ0) is 21.4. The maximum Gasteiger partial charge on any atom is 0.269 e. The SMILES string of the molecule is Cc1cc(C(N)=O)nn1-c1ccc(Cc2ccc(-c3ccc4c(c3)CNC4)cc2)cc1. The van der Waals surface area contributed by atoms with Gasteiger partial charge in [0.1, 0.15) is 0 Å². The number of nitrogens with one attached hydrogen (secondary N) is 1. The molecule has 3 N–H and O–H groups in total. The molecule has 1 aliphatic heterocycles. The van der Waals surface area contributed by atoms with Gasteiger partial charge in [-0.15, -0.1) is 0 Å². The Balaban J connectivity index is 1.31. The number of primary amides is 1. The molecule has 31 heavy (non-hydrogen) atoms. The quantitative estimate of drug-likeness (QED) is 0.521. The molecule has 0 bridgehead atoms. The third kappa shape index (κ3) is 3.88. The van der Waals surface area contributed by atoms with E-state index in [2.05, 4.69) is 65.0 Å². The summed E-state index contributed by atoms with van der Waals surface area (Å²) >= 11 is 0. The van der Waals surface area contributed by atoms with Crippen molar-refractivity contribution in [3.05, 3.63) is 106 Å². The average Bonchev–Trinajstić information content (AvgIpc) is 3.41. The molecule has 2 heterocycles. The minimum Gasteiger partial charge on any atom is -0.364 e. The minimum atomic E-state index is -0.515. The Kier molecular flexibility index (Phi) is 4.88. The van der Waals surface area contributed by atoms with Crippen molar-refractivity contribution in [1.29, 1.82) is 0 Å². The van der Waals surface area contributed by atoms with Crippen molar-refractivity contribution >= 4 is 5.91 Å². The van der Waals surface area contributed by atoms with Crippen LogP contribution in [0.1, 0.15) is 38.4 Å². The molecule has 3 aromatic carbocycles. The third-order valence-electron chi connectivity index (χ3n) is 5.85. The van der Waals surface area contributed by atoms with E-state index in [1.807, 2.05) is 19.1 Å². The van der Waals surface area contributed by atoms with Gasteiger partial charge in [-0.1, -0.05) is 48.5 Å². The Hall–Kier alpha value is -3.70. The van der Waals surface area contributed by atoms with Crippen molar-refractivity contribution in [1.82, 2.24) is 15.1 Å². The summed E-state index contributed by atoms with van der Waals surface area (Å²) in [6.45, 7) is 3.84. The number of aromatic nitrogens is 2. The van der Waals surface area contributed by atoms with Crippen molar-refractivity contribution in [3.63, 3.8) is 0 Å². The Bertz CT molecular complexity index is 1250. The molecule has 5 rings (SSSR count). The highest BCUT2D eigenvalue weighted by atomic mass is 16.1. The van der Waals surface area contributed by atoms with Crippen LogP contribution in [0.3, 0.4) is 0 Å². The lowest BCUT2D eigenvalue weighted by atomic mass is 9.98. The molecule has 1 amide bonds. The predicted molar refractivity (Wildman–Crippen MR) is 122 cm³/mol. The monoisotopic (exact) mass is 408 g/mol. The van der Waals surface area contributed by atoms with Gasteiger partial charge in [-0.3, -0.25) is 4.79 Å². The van der Waals surface area contributed by atoms with Crippen molar-refractivity contribution < 1.29 is 4.79 Å². The highest BCUT2D eigenvalue weighted by Crippen LogP contribution is 2.26. The van der Waals surface area contributed by atoms with Crippen LogP contribution in [0, 0.1) is 6.92 Å². The first-order chi connectivity index (χ1) is 15.1. The first kappa shape index (κ1) is 19.3. The molecule has 0 atom stereocenters. The molecule has 1 aliphatic rings. The summed E-state index contributed by atoms with van der Waals surface area (Å²) in [6.07, 6.45) is 0.860. The summed E-state index contributed by atoms with van der Waals surface area (Å²) in [5.41, 5.74) is 15.2. The Labute approximate surface area is 181 Å². The Morgan fingerprint density at radius 3 is 2.23 bits per heavy atom. The van der Waals surface area contributed by atoms with Crippen molar-refractivity contribution in [3.8, 4) is 16.8 Å². The molecule has 0 radical (unpaired) electrons. The lowest BCUT2D eigenvalue weighted by Gasteiger charge is -2.08. The first-order valence-corrected chi connectivity index (χ1v) is 10.4. The molecule has 0 saturated carbocycles. The van der Waals surface area contributed by atoms with Gasteiger partial charge in [0, 0.05) is 18.8 Å². The molecule has 0 aliphatic carbocycles. The van der Waals surface area contributed by atoms with Crippen LogP contribution in [-0.2, 0) is 19.5 Å². The van der Waals surface area contributed by atoms with Gasteiger partial charge >= 0.3 is 0 Å². The second-order valence-corrected chi connectivity index (χ2v) is 8.07.